The molecule has 0 saturated heterocycles. The van der Waals surface area contributed by atoms with Gasteiger partial charge in [-0.15, -0.1) is 0 Å². The summed E-state index contributed by atoms with van der Waals surface area (Å²) in [5.41, 5.74) is 1.57. The normalized spacial score (nSPS) is 13.5. The Balaban J connectivity index is 2.05. The van der Waals surface area contributed by atoms with Gasteiger partial charge in [-0.05, 0) is 37.1 Å². The molecule has 2 heterocycles. The summed E-state index contributed by atoms with van der Waals surface area (Å²) in [6.07, 6.45) is 1.76. The monoisotopic (exact) mass is 257 g/mol. The molecule has 0 radical (unpaired) electrons. The van der Waals surface area contributed by atoms with Gasteiger partial charge < -0.3 is 15.0 Å². The summed E-state index contributed by atoms with van der Waals surface area (Å²) < 4.78 is 5.11. The zero-order valence-corrected chi connectivity index (χ0v) is 10.7. The van der Waals surface area contributed by atoms with Crippen LogP contribution in [0.5, 0.6) is 5.75 Å². The van der Waals surface area contributed by atoms with Crippen LogP contribution in [0.3, 0.4) is 0 Å². The van der Waals surface area contributed by atoms with E-state index in [1.807, 2.05) is 24.3 Å². The first-order valence-electron chi connectivity index (χ1n) is 6.29. The van der Waals surface area contributed by atoms with Crippen molar-refractivity contribution >= 4 is 5.82 Å². The number of H-pyrrole nitrogens is 1. The number of ether oxygens (including phenoxy) is 1. The van der Waals surface area contributed by atoms with E-state index >= 15 is 0 Å². The van der Waals surface area contributed by atoms with Crippen molar-refractivity contribution in [3.8, 4) is 17.1 Å². The fraction of sp³-hybridized carbons (Fsp3) is 0.286. The number of nitrogens with one attached hydrogen (secondary N) is 2. The molecule has 0 unspecified atom stereocenters. The lowest BCUT2D eigenvalue weighted by Gasteiger charge is -2.16. The average molecular weight is 257 g/mol. The summed E-state index contributed by atoms with van der Waals surface area (Å²) in [4.78, 5) is 19.4. The smallest absolute Gasteiger partial charge is 0.256 e. The lowest BCUT2D eigenvalue weighted by molar-refractivity contribution is 0.415. The van der Waals surface area contributed by atoms with Gasteiger partial charge >= 0.3 is 0 Å². The Labute approximate surface area is 110 Å². The molecular weight excluding hydrogens is 242 g/mol. The molecule has 5 nitrogen and oxygen atoms in total. The second-order valence-corrected chi connectivity index (χ2v) is 4.50. The Hall–Kier alpha value is -2.30. The summed E-state index contributed by atoms with van der Waals surface area (Å²) in [7, 11) is 1.62. The molecule has 19 heavy (non-hydrogen) atoms. The average Bonchev–Trinajstić information content (AvgIpc) is 2.47. The van der Waals surface area contributed by atoms with Crippen molar-refractivity contribution in [2.75, 3.05) is 19.0 Å². The minimum atomic E-state index is -0.0528. The van der Waals surface area contributed by atoms with Crippen LogP contribution >= 0.6 is 0 Å². The number of benzene rings is 1. The molecule has 1 aromatic carbocycles. The van der Waals surface area contributed by atoms with Crippen LogP contribution in [-0.2, 0) is 6.42 Å². The zero-order valence-electron chi connectivity index (χ0n) is 10.7. The molecule has 0 saturated carbocycles. The van der Waals surface area contributed by atoms with Gasteiger partial charge in [-0.3, -0.25) is 4.79 Å². The third-order valence-corrected chi connectivity index (χ3v) is 3.27. The number of methoxy groups -OCH3 is 1. The molecule has 2 aromatic rings. The molecule has 0 fully saturated rings. The first-order valence-corrected chi connectivity index (χ1v) is 6.29. The number of rotatable bonds is 2. The van der Waals surface area contributed by atoms with E-state index in [1.54, 1.807) is 7.11 Å². The van der Waals surface area contributed by atoms with E-state index in [9.17, 15) is 4.79 Å². The number of aromatic amines is 1. The van der Waals surface area contributed by atoms with E-state index in [-0.39, 0.29) is 5.56 Å². The molecule has 0 amide bonds. The summed E-state index contributed by atoms with van der Waals surface area (Å²) >= 11 is 0. The van der Waals surface area contributed by atoms with Crippen LogP contribution in [0.1, 0.15) is 12.0 Å². The zero-order chi connectivity index (χ0) is 13.2. The molecular formula is C14H15N3O2. The van der Waals surface area contributed by atoms with Gasteiger partial charge in [0.05, 0.1) is 12.7 Å². The van der Waals surface area contributed by atoms with Gasteiger partial charge in [-0.25, -0.2) is 4.98 Å². The predicted octanol–water partition coefficient (Wildman–Crippen LogP) is 1.80. The SMILES string of the molecule is COc1ccc(-c2nc3c(c(=O)[nH]2)CCCN3)cc1. The Morgan fingerprint density at radius 1 is 1.26 bits per heavy atom. The number of fused-ring (bicyclic) bond motifs is 1. The van der Waals surface area contributed by atoms with Crippen molar-refractivity contribution in [2.24, 2.45) is 0 Å². The molecule has 5 heteroatoms. The number of hydrogen-bond acceptors (Lipinski definition) is 4. The van der Waals surface area contributed by atoms with Gasteiger partial charge in [0, 0.05) is 12.1 Å². The molecule has 2 N–H and O–H groups in total. The van der Waals surface area contributed by atoms with Gasteiger partial charge in [0.15, 0.2) is 0 Å². The molecule has 1 aromatic heterocycles. The Morgan fingerprint density at radius 2 is 2.05 bits per heavy atom. The molecule has 98 valence electrons. The fourth-order valence-corrected chi connectivity index (χ4v) is 2.23. The lowest BCUT2D eigenvalue weighted by Crippen LogP contribution is -2.24. The highest BCUT2D eigenvalue weighted by Crippen LogP contribution is 2.22. The molecule has 0 aliphatic carbocycles. The highest BCUT2D eigenvalue weighted by molar-refractivity contribution is 5.59. The first kappa shape index (κ1) is 11.8. The van der Waals surface area contributed by atoms with Gasteiger partial charge in [0.1, 0.15) is 17.4 Å². The fourth-order valence-electron chi connectivity index (χ4n) is 2.23. The van der Waals surface area contributed by atoms with Gasteiger partial charge in [-0.2, -0.15) is 0 Å². The van der Waals surface area contributed by atoms with Gasteiger partial charge in [0.25, 0.3) is 5.56 Å². The number of hydrogen-bond donors (Lipinski definition) is 2. The number of aromatic nitrogens is 2. The van der Waals surface area contributed by atoms with E-state index in [2.05, 4.69) is 15.3 Å². The van der Waals surface area contributed by atoms with Crippen LogP contribution in [0.15, 0.2) is 29.1 Å². The van der Waals surface area contributed by atoms with Crippen LogP contribution in [0.25, 0.3) is 11.4 Å². The molecule has 0 bridgehead atoms. The first-order chi connectivity index (χ1) is 9.28. The van der Waals surface area contributed by atoms with Crippen LogP contribution in [0.4, 0.5) is 5.82 Å². The summed E-state index contributed by atoms with van der Waals surface area (Å²) in [6.45, 7) is 0.867. The second-order valence-electron chi connectivity index (χ2n) is 4.50. The molecule has 3 rings (SSSR count). The molecule has 1 aliphatic heterocycles. The number of anilines is 1. The van der Waals surface area contributed by atoms with Crippen molar-refractivity contribution < 1.29 is 4.74 Å². The maximum absolute atomic E-state index is 12.0. The van der Waals surface area contributed by atoms with Crippen molar-refractivity contribution in [2.45, 2.75) is 12.8 Å². The standard InChI is InChI=1S/C14H15N3O2/c1-19-10-6-4-9(5-7-10)12-16-13-11(14(18)17-12)3-2-8-15-13/h4-7H,2-3,8H2,1H3,(H2,15,16,17,18). The summed E-state index contributed by atoms with van der Waals surface area (Å²) in [6, 6.07) is 7.46. The summed E-state index contributed by atoms with van der Waals surface area (Å²) in [5, 5.41) is 3.18. The third-order valence-electron chi connectivity index (χ3n) is 3.27. The lowest BCUT2D eigenvalue weighted by atomic mass is 10.1. The van der Waals surface area contributed by atoms with Crippen LogP contribution < -0.4 is 15.6 Å². The van der Waals surface area contributed by atoms with E-state index < -0.39 is 0 Å². The van der Waals surface area contributed by atoms with Crippen molar-refractivity contribution in [3.05, 3.63) is 40.2 Å². The van der Waals surface area contributed by atoms with Crippen LogP contribution in [0.2, 0.25) is 0 Å². The predicted molar refractivity (Wildman–Crippen MR) is 73.7 cm³/mol. The second kappa shape index (κ2) is 4.76. The maximum atomic E-state index is 12.0. The Kier molecular flexibility index (Phi) is 2.95. The molecule has 0 spiro atoms. The highest BCUT2D eigenvalue weighted by atomic mass is 16.5. The van der Waals surface area contributed by atoms with Crippen LogP contribution in [0, 0.1) is 0 Å². The van der Waals surface area contributed by atoms with Crippen molar-refractivity contribution in [3.63, 3.8) is 0 Å². The molecule has 1 aliphatic rings. The minimum Gasteiger partial charge on any atom is -0.497 e. The van der Waals surface area contributed by atoms with E-state index in [0.29, 0.717) is 11.6 Å². The third kappa shape index (κ3) is 2.19. The molecule has 0 atom stereocenters. The van der Waals surface area contributed by atoms with E-state index in [4.69, 9.17) is 4.74 Å². The highest BCUT2D eigenvalue weighted by Gasteiger charge is 2.15. The van der Waals surface area contributed by atoms with Crippen LogP contribution in [-0.4, -0.2) is 23.6 Å². The Bertz CT molecular complexity index is 647. The Morgan fingerprint density at radius 3 is 2.79 bits per heavy atom. The quantitative estimate of drug-likeness (QED) is 0.861. The largest absolute Gasteiger partial charge is 0.497 e. The van der Waals surface area contributed by atoms with Crippen molar-refractivity contribution in [1.82, 2.24) is 9.97 Å². The van der Waals surface area contributed by atoms with Crippen molar-refractivity contribution in [1.29, 1.82) is 0 Å². The summed E-state index contributed by atoms with van der Waals surface area (Å²) in [5.74, 6) is 2.07. The topological polar surface area (TPSA) is 67.0 Å². The van der Waals surface area contributed by atoms with E-state index in [1.165, 1.54) is 0 Å². The van der Waals surface area contributed by atoms with E-state index in [0.717, 1.165) is 36.3 Å². The van der Waals surface area contributed by atoms with Gasteiger partial charge in [0.2, 0.25) is 0 Å². The maximum Gasteiger partial charge on any atom is 0.256 e. The number of nitrogens with zero attached hydrogens (tertiary/aromatic N) is 1. The van der Waals surface area contributed by atoms with Gasteiger partial charge in [-0.1, -0.05) is 0 Å². The minimum absolute atomic E-state index is 0.0528.